The van der Waals surface area contributed by atoms with E-state index in [2.05, 4.69) is 0 Å². The van der Waals surface area contributed by atoms with Gasteiger partial charge in [0.15, 0.2) is 12.4 Å². The van der Waals surface area contributed by atoms with Gasteiger partial charge in [0.25, 0.3) is 5.91 Å². The number of carbonyl (C=O) groups excluding carboxylic acids is 1. The fraction of sp³-hybridized carbons (Fsp3) is 0.143. The van der Waals surface area contributed by atoms with E-state index < -0.39 is 5.91 Å². The molecule has 60 valence electrons. The lowest BCUT2D eigenvalue weighted by atomic mass is 10.3. The van der Waals surface area contributed by atoms with Crippen molar-refractivity contribution in [2.24, 2.45) is 12.8 Å². The average Bonchev–Trinajstić information content (AvgIpc) is 1.88. The first kappa shape index (κ1) is 9.91. The topological polar surface area (TPSA) is 47.0 Å². The van der Waals surface area contributed by atoms with Gasteiger partial charge in [-0.25, -0.2) is 4.57 Å². The van der Waals surface area contributed by atoms with Crippen LogP contribution in [0.5, 0.6) is 0 Å². The summed E-state index contributed by atoms with van der Waals surface area (Å²) in [6.07, 6.45) is 3.52. The number of aromatic nitrogens is 1. The van der Waals surface area contributed by atoms with Gasteiger partial charge in [0, 0.05) is 6.07 Å². The van der Waals surface area contributed by atoms with Gasteiger partial charge in [-0.1, -0.05) is 0 Å². The lowest BCUT2D eigenvalue weighted by Crippen LogP contribution is -2.28. The number of hydrogen-bond acceptors (Lipinski definition) is 1. The van der Waals surface area contributed by atoms with Crippen LogP contribution in [0.2, 0.25) is 0 Å². The molecule has 0 aliphatic carbocycles. The Balaban J connectivity index is 0.000001000. The normalized spacial score (nSPS) is 8.45. The standard InChI is InChI=1S/C7H8N2O.ClH/c1-9-4-2-3-6(5-9)7(8)10;/h2-5H,1H3,(H-,8,10);1H/p+1. The largest absolute Gasteiger partial charge is 0.365 e. The van der Waals surface area contributed by atoms with Crippen LogP contribution in [0.15, 0.2) is 24.5 Å². The maximum absolute atomic E-state index is 10.6. The molecule has 1 amide bonds. The van der Waals surface area contributed by atoms with Gasteiger partial charge in [-0.2, -0.15) is 0 Å². The summed E-state index contributed by atoms with van der Waals surface area (Å²) in [5.41, 5.74) is 5.56. The van der Waals surface area contributed by atoms with Crippen molar-refractivity contribution in [3.05, 3.63) is 30.1 Å². The third-order valence-electron chi connectivity index (χ3n) is 1.22. The number of aryl methyl sites for hydroxylation is 1. The molecule has 0 aliphatic heterocycles. The van der Waals surface area contributed by atoms with Gasteiger partial charge >= 0.3 is 0 Å². The zero-order chi connectivity index (χ0) is 7.56. The molecule has 0 atom stereocenters. The summed E-state index contributed by atoms with van der Waals surface area (Å²) in [4.78, 5) is 10.6. The molecule has 0 spiro atoms. The lowest BCUT2D eigenvalue weighted by molar-refractivity contribution is -0.671. The van der Waals surface area contributed by atoms with Gasteiger partial charge in [0.05, 0.1) is 0 Å². The van der Waals surface area contributed by atoms with Crippen LogP contribution >= 0.6 is 12.4 Å². The highest BCUT2D eigenvalue weighted by atomic mass is 35.5. The fourth-order valence-electron chi connectivity index (χ4n) is 0.734. The van der Waals surface area contributed by atoms with Crippen LogP contribution < -0.4 is 10.3 Å². The number of nitrogens with zero attached hydrogens (tertiary/aromatic N) is 1. The van der Waals surface area contributed by atoms with Crippen molar-refractivity contribution < 1.29 is 9.36 Å². The summed E-state index contributed by atoms with van der Waals surface area (Å²) in [5, 5.41) is 0. The molecule has 0 fully saturated rings. The predicted octanol–water partition coefficient (Wildman–Crippen LogP) is 0.0318. The molecule has 0 aromatic carbocycles. The van der Waals surface area contributed by atoms with E-state index in [-0.39, 0.29) is 12.4 Å². The SMILES string of the molecule is C[n+]1cccc(C(N)=O)c1.Cl. The minimum absolute atomic E-state index is 0. The molecule has 0 unspecified atom stereocenters. The van der Waals surface area contributed by atoms with E-state index in [1.54, 1.807) is 22.9 Å². The van der Waals surface area contributed by atoms with E-state index in [1.165, 1.54) is 0 Å². The molecule has 3 nitrogen and oxygen atoms in total. The summed E-state index contributed by atoms with van der Waals surface area (Å²) >= 11 is 0. The van der Waals surface area contributed by atoms with E-state index >= 15 is 0 Å². The first-order chi connectivity index (χ1) is 4.70. The maximum atomic E-state index is 10.6. The van der Waals surface area contributed by atoms with Crippen molar-refractivity contribution in [1.82, 2.24) is 0 Å². The van der Waals surface area contributed by atoms with Crippen LogP contribution in [-0.2, 0) is 7.05 Å². The summed E-state index contributed by atoms with van der Waals surface area (Å²) in [6.45, 7) is 0. The second kappa shape index (κ2) is 3.93. The highest BCUT2D eigenvalue weighted by Crippen LogP contribution is 1.89. The summed E-state index contributed by atoms with van der Waals surface area (Å²) in [7, 11) is 1.84. The van der Waals surface area contributed by atoms with Crippen molar-refractivity contribution in [2.45, 2.75) is 0 Å². The highest BCUT2D eigenvalue weighted by molar-refractivity contribution is 5.92. The van der Waals surface area contributed by atoms with Crippen LogP contribution in [0.3, 0.4) is 0 Å². The molecule has 4 heteroatoms. The number of amides is 1. The summed E-state index contributed by atoms with van der Waals surface area (Å²) in [6, 6.07) is 3.46. The van der Waals surface area contributed by atoms with Gasteiger partial charge in [-0.05, 0) is 6.07 Å². The van der Waals surface area contributed by atoms with Crippen LogP contribution in [0.1, 0.15) is 10.4 Å². The van der Waals surface area contributed by atoms with Gasteiger partial charge < -0.3 is 5.73 Å². The Labute approximate surface area is 71.2 Å². The molecule has 11 heavy (non-hydrogen) atoms. The number of pyridine rings is 1. The van der Waals surface area contributed by atoms with E-state index in [9.17, 15) is 4.79 Å². The number of primary amides is 1. The van der Waals surface area contributed by atoms with Gasteiger partial charge in [0.1, 0.15) is 12.6 Å². The monoisotopic (exact) mass is 173 g/mol. The zero-order valence-corrected chi connectivity index (χ0v) is 6.97. The molecule has 0 bridgehead atoms. The second-order valence-corrected chi connectivity index (χ2v) is 2.12. The predicted molar refractivity (Wildman–Crippen MR) is 43.4 cm³/mol. The molecule has 1 aromatic heterocycles. The number of halogens is 1. The Morgan fingerprint density at radius 2 is 2.27 bits per heavy atom. The molecule has 0 saturated heterocycles. The number of carbonyl (C=O) groups is 1. The van der Waals surface area contributed by atoms with Crippen LogP contribution in [0, 0.1) is 0 Å². The van der Waals surface area contributed by atoms with E-state index in [1.807, 2.05) is 13.2 Å². The molecule has 1 heterocycles. The van der Waals surface area contributed by atoms with Crippen molar-refractivity contribution in [3.8, 4) is 0 Å². The van der Waals surface area contributed by atoms with Crippen molar-refractivity contribution in [2.75, 3.05) is 0 Å². The Kier molecular flexibility index (Phi) is 3.54. The molecule has 1 rings (SSSR count). The minimum atomic E-state index is -0.392. The minimum Gasteiger partial charge on any atom is -0.365 e. The number of nitrogens with two attached hydrogens (primary N) is 1. The zero-order valence-electron chi connectivity index (χ0n) is 6.15. The Morgan fingerprint density at radius 1 is 1.64 bits per heavy atom. The van der Waals surface area contributed by atoms with E-state index in [4.69, 9.17) is 5.73 Å². The van der Waals surface area contributed by atoms with Crippen molar-refractivity contribution in [3.63, 3.8) is 0 Å². The quantitative estimate of drug-likeness (QED) is 0.599. The Morgan fingerprint density at radius 3 is 2.64 bits per heavy atom. The van der Waals surface area contributed by atoms with Crippen LogP contribution in [0.25, 0.3) is 0 Å². The summed E-state index contributed by atoms with van der Waals surface area (Å²) in [5.74, 6) is -0.392. The van der Waals surface area contributed by atoms with Gasteiger partial charge in [0.2, 0.25) is 0 Å². The highest BCUT2D eigenvalue weighted by Gasteiger charge is 2.02. The van der Waals surface area contributed by atoms with Crippen molar-refractivity contribution in [1.29, 1.82) is 0 Å². The summed E-state index contributed by atoms with van der Waals surface area (Å²) < 4.78 is 1.78. The van der Waals surface area contributed by atoms with Crippen LogP contribution in [-0.4, -0.2) is 5.91 Å². The number of hydrogen-bond donors (Lipinski definition) is 1. The van der Waals surface area contributed by atoms with E-state index in [0.717, 1.165) is 0 Å². The first-order valence-electron chi connectivity index (χ1n) is 2.95. The Bertz CT molecular complexity index is 262. The third kappa shape index (κ3) is 2.55. The lowest BCUT2D eigenvalue weighted by Gasteiger charge is -1.89. The van der Waals surface area contributed by atoms with E-state index in [0.29, 0.717) is 5.56 Å². The fourth-order valence-corrected chi connectivity index (χ4v) is 0.734. The average molecular weight is 174 g/mol. The molecule has 1 aromatic rings. The molecule has 0 saturated carbocycles. The van der Waals surface area contributed by atoms with Gasteiger partial charge in [-0.15, -0.1) is 12.4 Å². The Hall–Kier alpha value is -1.09. The van der Waals surface area contributed by atoms with Crippen LogP contribution in [0.4, 0.5) is 0 Å². The smallest absolute Gasteiger partial charge is 0.254 e. The molecule has 0 radical (unpaired) electrons. The molecule has 2 N–H and O–H groups in total. The molecular formula is C7H10ClN2O+. The van der Waals surface area contributed by atoms with Crippen molar-refractivity contribution >= 4 is 18.3 Å². The molecular weight excluding hydrogens is 164 g/mol. The second-order valence-electron chi connectivity index (χ2n) is 2.12. The maximum Gasteiger partial charge on any atom is 0.254 e. The third-order valence-corrected chi connectivity index (χ3v) is 1.22. The first-order valence-corrected chi connectivity index (χ1v) is 2.95. The molecule has 0 aliphatic rings. The number of rotatable bonds is 1. The van der Waals surface area contributed by atoms with Gasteiger partial charge in [-0.3, -0.25) is 4.79 Å².